The Hall–Kier alpha value is -3.27. The smallest absolute Gasteiger partial charge is 0.242 e. The highest BCUT2D eigenvalue weighted by atomic mass is 32.2. The Morgan fingerprint density at radius 3 is 2.35 bits per heavy atom. The highest BCUT2D eigenvalue weighted by Crippen LogP contribution is 2.34. The summed E-state index contributed by atoms with van der Waals surface area (Å²) in [6.07, 6.45) is 2.29. The van der Waals surface area contributed by atoms with Gasteiger partial charge in [-0.1, -0.05) is 37.3 Å². The zero-order chi connectivity index (χ0) is 27.0. The molecule has 202 valence electrons. The maximum Gasteiger partial charge on any atom is 0.242 e. The summed E-state index contributed by atoms with van der Waals surface area (Å²) in [6.45, 7) is 6.85. The number of amides is 2. The standard InChI is InChI=1S/C27H37N3O6S/c1-5-20(2)28-27(32)21(3)29(19-22-10-7-6-8-11-22)26(31)12-9-15-30(37(4,33)34)23-13-14-24-25(18-23)36-17-16-35-24/h6-8,10-11,13-14,18,20-21H,5,9,12,15-17,19H2,1-4H3,(H,28,32)/t20-,21-/m1/s1. The number of hydrogen-bond donors (Lipinski definition) is 1. The summed E-state index contributed by atoms with van der Waals surface area (Å²) in [6, 6.07) is 13.8. The van der Waals surface area contributed by atoms with Gasteiger partial charge in [0, 0.05) is 31.6 Å². The summed E-state index contributed by atoms with van der Waals surface area (Å²) >= 11 is 0. The molecule has 2 amide bonds. The summed E-state index contributed by atoms with van der Waals surface area (Å²) in [4.78, 5) is 27.8. The average Bonchev–Trinajstić information content (AvgIpc) is 2.88. The number of carbonyl (C=O) groups is 2. The molecule has 0 aromatic heterocycles. The van der Waals surface area contributed by atoms with Gasteiger partial charge in [0.05, 0.1) is 11.9 Å². The fourth-order valence-corrected chi connectivity index (χ4v) is 4.98. The van der Waals surface area contributed by atoms with E-state index in [0.29, 0.717) is 30.4 Å². The lowest BCUT2D eigenvalue weighted by molar-refractivity contribution is -0.140. The second-order valence-corrected chi connectivity index (χ2v) is 11.2. The predicted octanol–water partition coefficient (Wildman–Crippen LogP) is 3.34. The predicted molar refractivity (Wildman–Crippen MR) is 143 cm³/mol. The minimum atomic E-state index is -3.61. The number of rotatable bonds is 12. The topological polar surface area (TPSA) is 105 Å². The first-order chi connectivity index (χ1) is 17.6. The van der Waals surface area contributed by atoms with Crippen LogP contribution in [-0.4, -0.2) is 63.2 Å². The third-order valence-corrected chi connectivity index (χ3v) is 7.52. The largest absolute Gasteiger partial charge is 0.486 e. The number of sulfonamides is 1. The zero-order valence-electron chi connectivity index (χ0n) is 22.0. The van der Waals surface area contributed by atoms with Crippen LogP contribution in [0.3, 0.4) is 0 Å². The van der Waals surface area contributed by atoms with Crippen molar-refractivity contribution in [2.75, 3.05) is 30.3 Å². The Balaban J connectivity index is 1.72. The summed E-state index contributed by atoms with van der Waals surface area (Å²) in [5.74, 6) is 0.627. The fraction of sp³-hybridized carbons (Fsp3) is 0.481. The van der Waals surface area contributed by atoms with Gasteiger partial charge in [-0.3, -0.25) is 13.9 Å². The van der Waals surface area contributed by atoms with Crippen LogP contribution in [0, 0.1) is 0 Å². The van der Waals surface area contributed by atoms with E-state index in [9.17, 15) is 18.0 Å². The molecule has 9 nitrogen and oxygen atoms in total. The monoisotopic (exact) mass is 531 g/mol. The Kier molecular flexibility index (Phi) is 9.79. The lowest BCUT2D eigenvalue weighted by Crippen LogP contribution is -2.49. The van der Waals surface area contributed by atoms with E-state index >= 15 is 0 Å². The molecule has 0 unspecified atom stereocenters. The first kappa shape index (κ1) is 28.3. The van der Waals surface area contributed by atoms with Crippen LogP contribution in [0.25, 0.3) is 0 Å². The highest BCUT2D eigenvalue weighted by Gasteiger charge is 2.27. The minimum Gasteiger partial charge on any atom is -0.486 e. The number of benzene rings is 2. The van der Waals surface area contributed by atoms with Gasteiger partial charge in [0.25, 0.3) is 0 Å². The maximum atomic E-state index is 13.3. The number of hydrogen-bond acceptors (Lipinski definition) is 6. The van der Waals surface area contributed by atoms with E-state index in [-0.39, 0.29) is 43.8 Å². The van der Waals surface area contributed by atoms with Gasteiger partial charge in [0.2, 0.25) is 21.8 Å². The maximum absolute atomic E-state index is 13.3. The van der Waals surface area contributed by atoms with Gasteiger partial charge in [-0.05, 0) is 44.4 Å². The van der Waals surface area contributed by atoms with Crippen LogP contribution in [-0.2, 0) is 26.2 Å². The van der Waals surface area contributed by atoms with Crippen LogP contribution >= 0.6 is 0 Å². The van der Waals surface area contributed by atoms with E-state index < -0.39 is 16.1 Å². The first-order valence-electron chi connectivity index (χ1n) is 12.6. The van der Waals surface area contributed by atoms with Crippen molar-refractivity contribution in [2.24, 2.45) is 0 Å². The van der Waals surface area contributed by atoms with Crippen molar-refractivity contribution in [1.82, 2.24) is 10.2 Å². The highest BCUT2D eigenvalue weighted by molar-refractivity contribution is 7.92. The number of ether oxygens (including phenoxy) is 2. The van der Waals surface area contributed by atoms with Gasteiger partial charge in [0.1, 0.15) is 19.3 Å². The molecule has 37 heavy (non-hydrogen) atoms. The molecule has 2 atom stereocenters. The Morgan fingerprint density at radius 2 is 1.70 bits per heavy atom. The molecule has 0 saturated heterocycles. The molecular formula is C27H37N3O6S. The van der Waals surface area contributed by atoms with Crippen molar-refractivity contribution in [3.8, 4) is 11.5 Å². The van der Waals surface area contributed by atoms with Crippen molar-refractivity contribution in [1.29, 1.82) is 0 Å². The van der Waals surface area contributed by atoms with Crippen molar-refractivity contribution in [3.63, 3.8) is 0 Å². The van der Waals surface area contributed by atoms with Crippen molar-refractivity contribution in [3.05, 3.63) is 54.1 Å². The normalized spacial score (nSPS) is 14.4. The summed E-state index contributed by atoms with van der Waals surface area (Å²) in [5.41, 5.74) is 1.36. The lowest BCUT2D eigenvalue weighted by Gasteiger charge is -2.30. The van der Waals surface area contributed by atoms with Crippen LogP contribution in [0.1, 0.15) is 45.6 Å². The molecule has 1 heterocycles. The Bertz CT molecular complexity index is 1170. The molecular weight excluding hydrogens is 494 g/mol. The van der Waals surface area contributed by atoms with E-state index in [2.05, 4.69) is 5.32 Å². The molecule has 1 aliphatic heterocycles. The molecule has 0 aliphatic carbocycles. The van der Waals surface area contributed by atoms with Gasteiger partial charge < -0.3 is 19.7 Å². The zero-order valence-corrected chi connectivity index (χ0v) is 22.8. The fourth-order valence-electron chi connectivity index (χ4n) is 4.02. The van der Waals surface area contributed by atoms with Crippen LogP contribution in [0.4, 0.5) is 5.69 Å². The molecule has 0 radical (unpaired) electrons. The molecule has 0 saturated carbocycles. The van der Waals surface area contributed by atoms with Crippen LogP contribution in [0.5, 0.6) is 11.5 Å². The van der Waals surface area contributed by atoms with Crippen LogP contribution < -0.4 is 19.1 Å². The summed E-state index contributed by atoms with van der Waals surface area (Å²) < 4.78 is 37.6. The van der Waals surface area contributed by atoms with E-state index in [1.54, 1.807) is 30.0 Å². The van der Waals surface area contributed by atoms with Crippen molar-refractivity contribution in [2.45, 2.75) is 58.7 Å². The van der Waals surface area contributed by atoms with E-state index in [0.717, 1.165) is 18.2 Å². The quantitative estimate of drug-likeness (QED) is 0.451. The SMILES string of the molecule is CC[C@@H](C)NC(=O)[C@@H](C)N(Cc1ccccc1)C(=O)CCCN(c1ccc2c(c1)OCCO2)S(C)(=O)=O. The van der Waals surface area contributed by atoms with E-state index in [1.807, 2.05) is 44.2 Å². The van der Waals surface area contributed by atoms with E-state index in [4.69, 9.17) is 9.47 Å². The van der Waals surface area contributed by atoms with Gasteiger partial charge in [-0.25, -0.2) is 8.42 Å². The third-order valence-electron chi connectivity index (χ3n) is 6.33. The molecule has 0 spiro atoms. The van der Waals surface area contributed by atoms with E-state index in [1.165, 1.54) is 4.31 Å². The number of anilines is 1. The molecule has 0 fully saturated rings. The van der Waals surface area contributed by atoms with Crippen molar-refractivity contribution >= 4 is 27.5 Å². The average molecular weight is 532 g/mol. The third kappa shape index (κ3) is 7.85. The van der Waals surface area contributed by atoms with Gasteiger partial charge in [0.15, 0.2) is 11.5 Å². The number of carbonyl (C=O) groups excluding carboxylic acids is 2. The summed E-state index contributed by atoms with van der Waals surface area (Å²) in [5, 5.41) is 2.95. The first-order valence-corrected chi connectivity index (χ1v) is 14.5. The molecule has 3 rings (SSSR count). The second kappa shape index (κ2) is 12.8. The second-order valence-electron chi connectivity index (χ2n) is 9.27. The molecule has 1 aliphatic rings. The summed E-state index contributed by atoms with van der Waals surface area (Å²) in [7, 11) is -3.61. The van der Waals surface area contributed by atoms with Gasteiger partial charge in [-0.15, -0.1) is 0 Å². The Morgan fingerprint density at radius 1 is 1.03 bits per heavy atom. The number of nitrogens with one attached hydrogen (secondary N) is 1. The van der Waals surface area contributed by atoms with Gasteiger partial charge in [-0.2, -0.15) is 0 Å². The number of fused-ring (bicyclic) bond motifs is 1. The molecule has 0 bridgehead atoms. The van der Waals surface area contributed by atoms with Crippen molar-refractivity contribution < 1.29 is 27.5 Å². The lowest BCUT2D eigenvalue weighted by atomic mass is 10.1. The minimum absolute atomic E-state index is 0.00190. The molecule has 10 heteroatoms. The molecule has 1 N–H and O–H groups in total. The van der Waals surface area contributed by atoms with Crippen LogP contribution in [0.15, 0.2) is 48.5 Å². The van der Waals surface area contributed by atoms with Crippen LogP contribution in [0.2, 0.25) is 0 Å². The molecule has 2 aromatic rings. The molecule has 2 aromatic carbocycles. The van der Waals surface area contributed by atoms with Gasteiger partial charge >= 0.3 is 0 Å². The number of nitrogens with zero attached hydrogens (tertiary/aromatic N) is 2. The Labute approximate surface area is 219 Å².